The van der Waals surface area contributed by atoms with Crippen molar-refractivity contribution in [3.05, 3.63) is 0 Å². The fraction of sp³-hybridized carbons (Fsp3) is 0.769. The van der Waals surface area contributed by atoms with E-state index in [1.54, 1.807) is 6.92 Å². The quantitative estimate of drug-likeness (QED) is 0.558. The Morgan fingerprint density at radius 2 is 1.95 bits per heavy atom. The zero-order valence-electron chi connectivity index (χ0n) is 12.1. The van der Waals surface area contributed by atoms with Crippen molar-refractivity contribution in [1.29, 1.82) is 0 Å². The zero-order chi connectivity index (χ0) is 14.8. The number of ketones is 1. The van der Waals surface area contributed by atoms with E-state index in [2.05, 4.69) is 5.32 Å². The highest BCUT2D eigenvalue weighted by molar-refractivity contribution is 5.77. The van der Waals surface area contributed by atoms with Crippen LogP contribution in [0.15, 0.2) is 0 Å². The van der Waals surface area contributed by atoms with Crippen molar-refractivity contribution < 1.29 is 14.4 Å². The first-order valence-corrected chi connectivity index (χ1v) is 6.60. The van der Waals surface area contributed by atoms with Crippen LogP contribution in [0.1, 0.15) is 39.5 Å². The third kappa shape index (κ3) is 9.18. The molecule has 3 N–H and O–H groups in total. The highest BCUT2D eigenvalue weighted by Gasteiger charge is 2.17. The Labute approximate surface area is 114 Å². The summed E-state index contributed by atoms with van der Waals surface area (Å²) in [7, 11) is 1.82. The molecule has 19 heavy (non-hydrogen) atoms. The van der Waals surface area contributed by atoms with Gasteiger partial charge in [0.25, 0.3) is 0 Å². The molecule has 110 valence electrons. The largest absolute Gasteiger partial charge is 0.369 e. The molecule has 2 amide bonds. The van der Waals surface area contributed by atoms with Crippen LogP contribution in [0, 0.1) is 5.92 Å². The molecule has 0 rings (SSSR count). The number of hydrogen-bond donors (Lipinski definition) is 2. The van der Waals surface area contributed by atoms with Gasteiger partial charge < -0.3 is 15.8 Å². The van der Waals surface area contributed by atoms with Crippen LogP contribution in [0.3, 0.4) is 0 Å². The summed E-state index contributed by atoms with van der Waals surface area (Å²) in [5, 5.41) is 2.73. The number of hydrogen-bond acceptors (Lipinski definition) is 4. The second kappa shape index (κ2) is 9.49. The maximum Gasteiger partial charge on any atom is 0.221 e. The lowest BCUT2D eigenvalue weighted by Gasteiger charge is -2.22. The van der Waals surface area contributed by atoms with Crippen molar-refractivity contribution >= 4 is 17.6 Å². The number of carbonyl (C=O) groups is 3. The molecule has 0 aromatic heterocycles. The van der Waals surface area contributed by atoms with Gasteiger partial charge in [0.15, 0.2) is 0 Å². The average molecular weight is 271 g/mol. The van der Waals surface area contributed by atoms with Crippen LogP contribution in [0.2, 0.25) is 0 Å². The van der Waals surface area contributed by atoms with Crippen molar-refractivity contribution in [1.82, 2.24) is 10.2 Å². The van der Waals surface area contributed by atoms with E-state index in [4.69, 9.17) is 5.73 Å². The summed E-state index contributed by atoms with van der Waals surface area (Å²) in [6.45, 7) is 4.19. The van der Waals surface area contributed by atoms with Crippen LogP contribution in [0.5, 0.6) is 0 Å². The summed E-state index contributed by atoms with van der Waals surface area (Å²) in [6, 6.07) is 0. The SMILES string of the molecule is CCC(=O)NCN(C)CC(CCCC(C)=O)C(N)=O. The van der Waals surface area contributed by atoms with Crippen LogP contribution < -0.4 is 11.1 Å². The van der Waals surface area contributed by atoms with E-state index >= 15 is 0 Å². The average Bonchev–Trinajstić information content (AvgIpc) is 2.34. The second-order valence-corrected chi connectivity index (χ2v) is 4.84. The van der Waals surface area contributed by atoms with Crippen LogP contribution in [-0.2, 0) is 14.4 Å². The third-order valence-electron chi connectivity index (χ3n) is 2.88. The molecule has 0 saturated heterocycles. The lowest BCUT2D eigenvalue weighted by atomic mass is 10.00. The van der Waals surface area contributed by atoms with Gasteiger partial charge >= 0.3 is 0 Å². The number of nitrogens with two attached hydrogens (primary N) is 1. The summed E-state index contributed by atoms with van der Waals surface area (Å²) < 4.78 is 0. The number of amides is 2. The van der Waals surface area contributed by atoms with Crippen molar-refractivity contribution in [2.75, 3.05) is 20.3 Å². The molecule has 0 aliphatic carbocycles. The maximum absolute atomic E-state index is 11.3. The Morgan fingerprint density at radius 3 is 2.42 bits per heavy atom. The van der Waals surface area contributed by atoms with Gasteiger partial charge in [0.05, 0.1) is 12.6 Å². The Balaban J connectivity index is 4.07. The summed E-state index contributed by atoms with van der Waals surface area (Å²) in [4.78, 5) is 35.1. The van der Waals surface area contributed by atoms with E-state index in [0.717, 1.165) is 0 Å². The summed E-state index contributed by atoms with van der Waals surface area (Å²) in [5.74, 6) is -0.564. The minimum absolute atomic E-state index is 0.0287. The minimum atomic E-state index is -0.364. The monoisotopic (exact) mass is 271 g/mol. The third-order valence-corrected chi connectivity index (χ3v) is 2.88. The maximum atomic E-state index is 11.3. The molecule has 0 heterocycles. The molecule has 6 heteroatoms. The predicted octanol–water partition coefficient (Wildman–Crippen LogP) is 0.263. The molecule has 0 saturated carbocycles. The molecule has 0 bridgehead atoms. The number of primary amides is 1. The predicted molar refractivity (Wildman–Crippen MR) is 73.1 cm³/mol. The standard InChI is InChI=1S/C13H25N3O3/c1-4-12(18)15-9-16(3)8-11(13(14)19)7-5-6-10(2)17/h11H,4-9H2,1-3H3,(H2,14,19)(H,15,18). The van der Waals surface area contributed by atoms with E-state index in [0.29, 0.717) is 38.9 Å². The van der Waals surface area contributed by atoms with Crippen molar-refractivity contribution in [2.24, 2.45) is 11.7 Å². The number of Topliss-reactive ketones (excluding diaryl/α,β-unsaturated/α-hetero) is 1. The van der Waals surface area contributed by atoms with Gasteiger partial charge in [-0.2, -0.15) is 0 Å². The van der Waals surface area contributed by atoms with Gasteiger partial charge in [0.2, 0.25) is 11.8 Å². The van der Waals surface area contributed by atoms with E-state index in [9.17, 15) is 14.4 Å². The number of nitrogens with zero attached hydrogens (tertiary/aromatic N) is 1. The molecule has 1 unspecified atom stereocenters. The van der Waals surface area contributed by atoms with Crippen molar-refractivity contribution in [3.63, 3.8) is 0 Å². The fourth-order valence-corrected chi connectivity index (χ4v) is 1.71. The lowest BCUT2D eigenvalue weighted by Crippen LogP contribution is -2.40. The number of carbonyl (C=O) groups excluding carboxylic acids is 3. The molecule has 6 nitrogen and oxygen atoms in total. The van der Waals surface area contributed by atoms with E-state index in [-0.39, 0.29) is 23.5 Å². The second-order valence-electron chi connectivity index (χ2n) is 4.84. The van der Waals surface area contributed by atoms with Crippen LogP contribution in [0.4, 0.5) is 0 Å². The van der Waals surface area contributed by atoms with Gasteiger partial charge in [-0.25, -0.2) is 0 Å². The van der Waals surface area contributed by atoms with E-state index < -0.39 is 0 Å². The number of rotatable bonds is 10. The van der Waals surface area contributed by atoms with Gasteiger partial charge in [-0.3, -0.25) is 14.5 Å². The van der Waals surface area contributed by atoms with E-state index in [1.165, 1.54) is 6.92 Å². The van der Waals surface area contributed by atoms with Gasteiger partial charge in [-0.1, -0.05) is 6.92 Å². The lowest BCUT2D eigenvalue weighted by molar-refractivity contribution is -0.123. The van der Waals surface area contributed by atoms with E-state index in [1.807, 2.05) is 11.9 Å². The molecule has 0 radical (unpaired) electrons. The topological polar surface area (TPSA) is 92.5 Å². The highest BCUT2D eigenvalue weighted by Crippen LogP contribution is 2.10. The number of nitrogens with one attached hydrogen (secondary N) is 1. The molecular formula is C13H25N3O3. The van der Waals surface area contributed by atoms with Gasteiger partial charge in [-0.15, -0.1) is 0 Å². The van der Waals surface area contributed by atoms with Crippen molar-refractivity contribution in [3.8, 4) is 0 Å². The Bertz CT molecular complexity index is 318. The first-order valence-electron chi connectivity index (χ1n) is 6.60. The molecule has 0 aliphatic heterocycles. The van der Waals surface area contributed by atoms with Gasteiger partial charge in [0.1, 0.15) is 5.78 Å². The molecule has 0 fully saturated rings. The molecule has 0 aliphatic rings. The molecule has 0 spiro atoms. The van der Waals surface area contributed by atoms with Crippen LogP contribution in [-0.4, -0.2) is 42.8 Å². The van der Waals surface area contributed by atoms with Gasteiger partial charge in [-0.05, 0) is 26.8 Å². The first-order chi connectivity index (χ1) is 8.86. The summed E-state index contributed by atoms with van der Waals surface area (Å²) in [5.41, 5.74) is 5.35. The first kappa shape index (κ1) is 17.6. The highest BCUT2D eigenvalue weighted by atomic mass is 16.2. The normalized spacial score (nSPS) is 12.2. The fourth-order valence-electron chi connectivity index (χ4n) is 1.71. The van der Waals surface area contributed by atoms with Crippen LogP contribution in [0.25, 0.3) is 0 Å². The Morgan fingerprint density at radius 1 is 1.32 bits per heavy atom. The minimum Gasteiger partial charge on any atom is -0.369 e. The smallest absolute Gasteiger partial charge is 0.221 e. The molecule has 0 aromatic rings. The van der Waals surface area contributed by atoms with Crippen molar-refractivity contribution in [2.45, 2.75) is 39.5 Å². The molecule has 1 atom stereocenters. The molecular weight excluding hydrogens is 246 g/mol. The van der Waals surface area contributed by atoms with Gasteiger partial charge in [0, 0.05) is 19.4 Å². The Hall–Kier alpha value is -1.43. The summed E-state index contributed by atoms with van der Waals surface area (Å²) >= 11 is 0. The summed E-state index contributed by atoms with van der Waals surface area (Å²) in [6.07, 6.45) is 2.17. The Kier molecular flexibility index (Phi) is 8.78. The zero-order valence-corrected chi connectivity index (χ0v) is 12.1. The molecule has 0 aromatic carbocycles. The van der Waals surface area contributed by atoms with Crippen LogP contribution >= 0.6 is 0 Å².